The van der Waals surface area contributed by atoms with Crippen LogP contribution >= 0.6 is 0 Å². The van der Waals surface area contributed by atoms with Crippen LogP contribution < -0.4 is 0 Å². The molecule has 0 bridgehead atoms. The quantitative estimate of drug-likeness (QED) is 0.200. The van der Waals surface area contributed by atoms with E-state index in [0.29, 0.717) is 17.2 Å². The van der Waals surface area contributed by atoms with Crippen LogP contribution in [0.5, 0.6) is 0 Å². The summed E-state index contributed by atoms with van der Waals surface area (Å²) in [5.74, 6) is -1.24. The fourth-order valence-corrected chi connectivity index (χ4v) is 3.51. The number of benzene rings is 1. The Bertz CT molecular complexity index is 1410. The zero-order valence-electron chi connectivity index (χ0n) is 18.0. The van der Waals surface area contributed by atoms with Gasteiger partial charge in [0, 0.05) is 22.3 Å². The molecular formula is C25H17F2N5Zn. The Balaban J connectivity index is 0.00000259. The van der Waals surface area contributed by atoms with Gasteiger partial charge in [0.1, 0.15) is 11.9 Å². The summed E-state index contributed by atoms with van der Waals surface area (Å²) in [5.41, 5.74) is 2.00. The van der Waals surface area contributed by atoms with Crippen molar-refractivity contribution in [2.24, 2.45) is 0 Å². The van der Waals surface area contributed by atoms with Crippen molar-refractivity contribution in [2.45, 2.75) is 19.3 Å². The van der Waals surface area contributed by atoms with Gasteiger partial charge in [-0.1, -0.05) is 48.0 Å². The van der Waals surface area contributed by atoms with Crippen LogP contribution in [0.4, 0.5) is 8.78 Å². The minimum Gasteiger partial charge on any atom is -0.311 e. The van der Waals surface area contributed by atoms with Gasteiger partial charge in [-0.25, -0.2) is 13.9 Å². The molecule has 158 valence electrons. The van der Waals surface area contributed by atoms with Gasteiger partial charge in [-0.2, -0.15) is 0 Å². The van der Waals surface area contributed by atoms with Gasteiger partial charge in [0.2, 0.25) is 0 Å². The molecule has 0 fully saturated rings. The number of hydrogen-bond acceptors (Lipinski definition) is 4. The first-order valence-corrected chi connectivity index (χ1v) is 9.98. The molecule has 5 aromatic rings. The summed E-state index contributed by atoms with van der Waals surface area (Å²) in [6.45, 7) is 3.97. The third-order valence-corrected chi connectivity index (χ3v) is 5.32. The number of aromatic nitrogens is 5. The zero-order chi connectivity index (χ0) is 22.3. The van der Waals surface area contributed by atoms with E-state index in [1.165, 1.54) is 0 Å². The molecule has 4 aromatic heterocycles. The standard InChI is InChI=1S/C25H17F2N5.Zn/c1-25(2,20-10-5-9-19(28-20)17-13-14-22(26)30-24(17)27)21-11-6-12-23(29-21)32-15-16-7-3-4-8-18(16)31-32;/h3-12,14H,1-2H3;/q-2;+2. The summed E-state index contributed by atoms with van der Waals surface area (Å²) in [5, 5.41) is 5.45. The van der Waals surface area contributed by atoms with E-state index in [1.54, 1.807) is 16.8 Å². The number of rotatable bonds is 4. The van der Waals surface area contributed by atoms with Crippen molar-refractivity contribution in [1.82, 2.24) is 24.7 Å². The fraction of sp³-hybridized carbons (Fsp3) is 0.120. The summed E-state index contributed by atoms with van der Waals surface area (Å²) in [6.07, 6.45) is 3.22. The van der Waals surface area contributed by atoms with E-state index in [0.717, 1.165) is 22.7 Å². The number of fused-ring (bicyclic) bond motifs is 1. The predicted molar refractivity (Wildman–Crippen MR) is 116 cm³/mol. The van der Waals surface area contributed by atoms with Gasteiger partial charge >= 0.3 is 19.5 Å². The number of hydrogen-bond donors (Lipinski definition) is 0. The van der Waals surface area contributed by atoms with Gasteiger partial charge in [0.15, 0.2) is 0 Å². The maximum atomic E-state index is 14.2. The smallest absolute Gasteiger partial charge is 0.311 e. The summed E-state index contributed by atoms with van der Waals surface area (Å²) in [4.78, 5) is 12.7. The zero-order valence-corrected chi connectivity index (χ0v) is 21.0. The van der Waals surface area contributed by atoms with E-state index in [2.05, 4.69) is 27.3 Å². The average molecular weight is 491 g/mol. The molecule has 1 aromatic carbocycles. The Kier molecular flexibility index (Phi) is 6.13. The van der Waals surface area contributed by atoms with E-state index < -0.39 is 17.3 Å². The van der Waals surface area contributed by atoms with Crippen LogP contribution in [0.1, 0.15) is 25.2 Å². The number of halogens is 2. The molecule has 5 nitrogen and oxygen atoms in total. The minimum absolute atomic E-state index is 0. The van der Waals surface area contributed by atoms with Crippen LogP contribution in [0.3, 0.4) is 0 Å². The van der Waals surface area contributed by atoms with Crippen molar-refractivity contribution in [1.29, 1.82) is 0 Å². The second kappa shape index (κ2) is 8.87. The molecule has 0 amide bonds. The van der Waals surface area contributed by atoms with Crippen molar-refractivity contribution < 1.29 is 28.3 Å². The Morgan fingerprint density at radius 1 is 0.848 bits per heavy atom. The van der Waals surface area contributed by atoms with Gasteiger partial charge in [0.05, 0.1) is 5.82 Å². The molecule has 0 spiro atoms. The Labute approximate surface area is 202 Å². The molecule has 8 heteroatoms. The van der Waals surface area contributed by atoms with Crippen LogP contribution in [0.15, 0.2) is 66.7 Å². The van der Waals surface area contributed by atoms with Crippen LogP contribution in [-0.4, -0.2) is 24.7 Å². The summed E-state index contributed by atoms with van der Waals surface area (Å²) in [6, 6.07) is 22.2. The number of nitrogens with zero attached hydrogens (tertiary/aromatic N) is 5. The molecule has 33 heavy (non-hydrogen) atoms. The Morgan fingerprint density at radius 2 is 1.58 bits per heavy atom. The fourth-order valence-electron chi connectivity index (χ4n) is 3.51. The molecule has 0 saturated carbocycles. The molecule has 0 aliphatic rings. The second-order valence-electron chi connectivity index (χ2n) is 7.84. The van der Waals surface area contributed by atoms with Gasteiger partial charge in [-0.05, 0) is 37.9 Å². The first kappa shape index (κ1) is 22.8. The molecule has 5 rings (SSSR count). The summed E-state index contributed by atoms with van der Waals surface area (Å²) in [7, 11) is 0. The van der Waals surface area contributed by atoms with Gasteiger partial charge in [-0.3, -0.25) is 9.97 Å². The molecule has 0 radical (unpaired) electrons. The maximum absolute atomic E-state index is 14.2. The average Bonchev–Trinajstić information content (AvgIpc) is 3.24. The minimum atomic E-state index is -0.950. The van der Waals surface area contributed by atoms with Gasteiger partial charge in [0.25, 0.3) is 0 Å². The maximum Gasteiger partial charge on any atom is 2.00 e. The van der Waals surface area contributed by atoms with Crippen molar-refractivity contribution in [3.05, 3.63) is 102 Å². The third-order valence-electron chi connectivity index (χ3n) is 5.32. The largest absolute Gasteiger partial charge is 2.00 e. The first-order chi connectivity index (χ1) is 15.4. The van der Waals surface area contributed by atoms with E-state index in [1.807, 2.05) is 62.4 Å². The van der Waals surface area contributed by atoms with Crippen molar-refractivity contribution in [3.8, 4) is 17.1 Å². The molecular weight excluding hydrogens is 474 g/mol. The Morgan fingerprint density at radius 3 is 2.33 bits per heavy atom. The molecule has 0 unspecified atom stereocenters. The van der Waals surface area contributed by atoms with Crippen molar-refractivity contribution >= 4 is 10.9 Å². The van der Waals surface area contributed by atoms with E-state index in [-0.39, 0.29) is 25.0 Å². The van der Waals surface area contributed by atoms with Crippen LogP contribution in [-0.2, 0) is 24.9 Å². The monoisotopic (exact) mass is 489 g/mol. The van der Waals surface area contributed by atoms with E-state index in [9.17, 15) is 8.78 Å². The molecule has 0 N–H and O–H groups in total. The second-order valence-corrected chi connectivity index (χ2v) is 7.84. The molecule has 4 heterocycles. The first-order valence-electron chi connectivity index (χ1n) is 9.98. The molecule has 0 aliphatic heterocycles. The third kappa shape index (κ3) is 4.31. The van der Waals surface area contributed by atoms with Crippen molar-refractivity contribution in [3.63, 3.8) is 0 Å². The molecule has 0 atom stereocenters. The SMILES string of the molecule is CC(C)(c1cccc(-c2[c-]cc(F)nc2F)n1)c1cccc(-n2[c-]c3ccccc3n2)n1.[Zn+2]. The topological polar surface area (TPSA) is 56.5 Å². The van der Waals surface area contributed by atoms with Crippen LogP contribution in [0, 0.1) is 24.2 Å². The van der Waals surface area contributed by atoms with Crippen LogP contribution in [0.25, 0.3) is 28.0 Å². The van der Waals surface area contributed by atoms with Gasteiger partial charge in [-0.15, -0.1) is 23.6 Å². The predicted octanol–water partition coefficient (Wildman–Crippen LogP) is 5.08. The molecule has 0 aliphatic carbocycles. The van der Waals surface area contributed by atoms with E-state index >= 15 is 0 Å². The number of pyridine rings is 3. The Hall–Kier alpha value is -3.38. The normalized spacial score (nSPS) is 11.4. The molecule has 0 saturated heterocycles. The van der Waals surface area contributed by atoms with Crippen LogP contribution in [0.2, 0.25) is 0 Å². The van der Waals surface area contributed by atoms with E-state index in [4.69, 9.17) is 4.98 Å². The van der Waals surface area contributed by atoms with Gasteiger partial charge < -0.3 is 9.67 Å². The summed E-state index contributed by atoms with van der Waals surface area (Å²) >= 11 is 0. The summed E-state index contributed by atoms with van der Waals surface area (Å²) < 4.78 is 29.0. The van der Waals surface area contributed by atoms with Crippen molar-refractivity contribution in [2.75, 3.05) is 0 Å².